The van der Waals surface area contributed by atoms with Gasteiger partial charge in [-0.15, -0.1) is 11.3 Å². The van der Waals surface area contributed by atoms with E-state index in [0.29, 0.717) is 17.8 Å². The summed E-state index contributed by atoms with van der Waals surface area (Å²) >= 11 is 1.43. The van der Waals surface area contributed by atoms with Gasteiger partial charge < -0.3 is 10.2 Å². The Morgan fingerprint density at radius 1 is 1.12 bits per heavy atom. The Morgan fingerprint density at radius 3 is 2.54 bits per heavy atom. The van der Waals surface area contributed by atoms with Crippen LogP contribution in [0.5, 0.6) is 0 Å². The smallest absolute Gasteiger partial charge is 0.262 e. The van der Waals surface area contributed by atoms with Crippen LogP contribution in [0.3, 0.4) is 0 Å². The zero-order valence-corrected chi connectivity index (χ0v) is 14.7. The van der Waals surface area contributed by atoms with E-state index in [1.54, 1.807) is 0 Å². The van der Waals surface area contributed by atoms with Crippen LogP contribution in [0.4, 0.5) is 0 Å². The van der Waals surface area contributed by atoms with Crippen LogP contribution >= 0.6 is 11.3 Å². The SMILES string of the molecule is Cc1ccc(-c2ccsc2C(=O)NCCC(=O)N2CCCC2)cc1. The molecule has 24 heavy (non-hydrogen) atoms. The van der Waals surface area contributed by atoms with E-state index in [9.17, 15) is 9.59 Å². The third kappa shape index (κ3) is 3.85. The Bertz CT molecular complexity index is 715. The van der Waals surface area contributed by atoms with Crippen molar-refractivity contribution >= 4 is 23.2 Å². The molecule has 4 nitrogen and oxygen atoms in total. The molecule has 126 valence electrons. The van der Waals surface area contributed by atoms with Gasteiger partial charge in [0.25, 0.3) is 5.91 Å². The van der Waals surface area contributed by atoms with Gasteiger partial charge in [0.15, 0.2) is 0 Å². The molecule has 1 aliphatic heterocycles. The molecule has 5 heteroatoms. The number of nitrogens with one attached hydrogen (secondary N) is 1. The highest BCUT2D eigenvalue weighted by molar-refractivity contribution is 7.12. The van der Waals surface area contributed by atoms with Crippen molar-refractivity contribution < 1.29 is 9.59 Å². The molecule has 0 atom stereocenters. The molecule has 2 aromatic rings. The zero-order valence-electron chi connectivity index (χ0n) is 13.9. The van der Waals surface area contributed by atoms with Gasteiger partial charge in [-0.25, -0.2) is 0 Å². The van der Waals surface area contributed by atoms with E-state index in [4.69, 9.17) is 0 Å². The van der Waals surface area contributed by atoms with Gasteiger partial charge in [0.1, 0.15) is 0 Å². The lowest BCUT2D eigenvalue weighted by Gasteiger charge is -2.15. The van der Waals surface area contributed by atoms with Gasteiger partial charge in [-0.1, -0.05) is 29.8 Å². The molecular formula is C19H22N2O2S. The second-order valence-corrected chi connectivity index (χ2v) is 7.04. The van der Waals surface area contributed by atoms with Crippen molar-refractivity contribution in [3.05, 3.63) is 46.2 Å². The first-order valence-corrected chi connectivity index (χ1v) is 9.23. The van der Waals surface area contributed by atoms with Gasteiger partial charge in [-0.3, -0.25) is 9.59 Å². The summed E-state index contributed by atoms with van der Waals surface area (Å²) in [4.78, 5) is 27.0. The predicted octanol–water partition coefficient (Wildman–Crippen LogP) is 3.47. The summed E-state index contributed by atoms with van der Waals surface area (Å²) in [6.45, 7) is 4.15. The van der Waals surface area contributed by atoms with Gasteiger partial charge >= 0.3 is 0 Å². The molecule has 2 amide bonds. The molecule has 1 aromatic carbocycles. The van der Waals surface area contributed by atoms with Gasteiger partial charge in [-0.2, -0.15) is 0 Å². The molecule has 1 N–H and O–H groups in total. The molecule has 1 saturated heterocycles. The number of benzene rings is 1. The Labute approximate surface area is 146 Å². The van der Waals surface area contributed by atoms with E-state index in [0.717, 1.165) is 37.1 Å². The standard InChI is InChI=1S/C19H22N2O2S/c1-14-4-6-15(7-5-14)16-9-13-24-18(16)19(23)20-10-8-17(22)21-11-2-3-12-21/h4-7,9,13H,2-3,8,10-12H2,1H3,(H,20,23). The van der Waals surface area contributed by atoms with Crippen LogP contribution in [0.1, 0.15) is 34.5 Å². The largest absolute Gasteiger partial charge is 0.351 e. The molecule has 1 aromatic heterocycles. The summed E-state index contributed by atoms with van der Waals surface area (Å²) in [5.41, 5.74) is 3.18. The summed E-state index contributed by atoms with van der Waals surface area (Å²) in [6.07, 6.45) is 2.55. The summed E-state index contributed by atoms with van der Waals surface area (Å²) < 4.78 is 0. The fourth-order valence-corrected chi connectivity index (χ4v) is 3.77. The van der Waals surface area contributed by atoms with Gasteiger partial charge in [-0.05, 0) is 36.8 Å². The molecule has 0 aliphatic carbocycles. The second kappa shape index (κ2) is 7.62. The number of aryl methyl sites for hydroxylation is 1. The third-order valence-corrected chi connectivity index (χ3v) is 5.23. The number of hydrogen-bond acceptors (Lipinski definition) is 3. The molecule has 0 saturated carbocycles. The van der Waals surface area contributed by atoms with Crippen molar-refractivity contribution in [2.75, 3.05) is 19.6 Å². The number of thiophene rings is 1. The van der Waals surface area contributed by atoms with E-state index >= 15 is 0 Å². The quantitative estimate of drug-likeness (QED) is 0.904. The summed E-state index contributed by atoms with van der Waals surface area (Å²) in [5, 5.41) is 4.82. The van der Waals surface area contributed by atoms with E-state index in [1.807, 2.05) is 47.5 Å². The number of carbonyl (C=O) groups is 2. The van der Waals surface area contributed by atoms with Gasteiger partial charge in [0.05, 0.1) is 4.88 Å². The van der Waals surface area contributed by atoms with E-state index < -0.39 is 0 Å². The Morgan fingerprint density at radius 2 is 1.83 bits per heavy atom. The van der Waals surface area contributed by atoms with Gasteiger partial charge in [0, 0.05) is 31.6 Å². The minimum atomic E-state index is -0.102. The van der Waals surface area contributed by atoms with Crippen LogP contribution in [0, 0.1) is 6.92 Å². The normalized spacial score (nSPS) is 14.0. The lowest BCUT2D eigenvalue weighted by molar-refractivity contribution is -0.129. The molecule has 1 aliphatic rings. The van der Waals surface area contributed by atoms with E-state index in [-0.39, 0.29) is 11.8 Å². The number of carbonyl (C=O) groups excluding carboxylic acids is 2. The van der Waals surface area contributed by atoms with Crippen LogP contribution in [-0.4, -0.2) is 36.3 Å². The zero-order chi connectivity index (χ0) is 16.9. The summed E-state index contributed by atoms with van der Waals surface area (Å²) in [5.74, 6) is 0.0348. The number of amides is 2. The summed E-state index contributed by atoms with van der Waals surface area (Å²) in [6, 6.07) is 10.1. The lowest BCUT2D eigenvalue weighted by atomic mass is 10.0. The maximum Gasteiger partial charge on any atom is 0.262 e. The van der Waals surface area contributed by atoms with Crippen LogP contribution in [0.15, 0.2) is 35.7 Å². The number of likely N-dealkylation sites (tertiary alicyclic amines) is 1. The maximum absolute atomic E-state index is 12.4. The Hall–Kier alpha value is -2.14. The fourth-order valence-electron chi connectivity index (χ4n) is 2.93. The van der Waals surface area contributed by atoms with Crippen LogP contribution in [0.2, 0.25) is 0 Å². The number of hydrogen-bond donors (Lipinski definition) is 1. The lowest BCUT2D eigenvalue weighted by Crippen LogP contribution is -2.32. The van der Waals surface area contributed by atoms with Crippen molar-refractivity contribution in [1.82, 2.24) is 10.2 Å². The minimum absolute atomic E-state index is 0.102. The second-order valence-electron chi connectivity index (χ2n) is 6.12. The first-order chi connectivity index (χ1) is 11.6. The van der Waals surface area contributed by atoms with Crippen LogP contribution in [0.25, 0.3) is 11.1 Å². The predicted molar refractivity (Wildman–Crippen MR) is 97.3 cm³/mol. The maximum atomic E-state index is 12.4. The van der Waals surface area contributed by atoms with E-state index in [1.165, 1.54) is 16.9 Å². The van der Waals surface area contributed by atoms with Crippen molar-refractivity contribution in [2.45, 2.75) is 26.2 Å². The number of rotatable bonds is 5. The average Bonchev–Trinajstić information content (AvgIpc) is 3.27. The molecule has 0 bridgehead atoms. The van der Waals surface area contributed by atoms with Gasteiger partial charge in [0.2, 0.25) is 5.91 Å². The highest BCUT2D eigenvalue weighted by atomic mass is 32.1. The molecule has 3 rings (SSSR count). The average molecular weight is 342 g/mol. The van der Waals surface area contributed by atoms with Crippen molar-refractivity contribution in [2.24, 2.45) is 0 Å². The highest BCUT2D eigenvalue weighted by Gasteiger charge is 2.18. The van der Waals surface area contributed by atoms with Crippen molar-refractivity contribution in [3.63, 3.8) is 0 Å². The van der Waals surface area contributed by atoms with Crippen molar-refractivity contribution in [3.8, 4) is 11.1 Å². The van der Waals surface area contributed by atoms with Crippen LogP contribution < -0.4 is 5.32 Å². The molecule has 0 unspecified atom stereocenters. The van der Waals surface area contributed by atoms with Crippen molar-refractivity contribution in [1.29, 1.82) is 0 Å². The van der Waals surface area contributed by atoms with E-state index in [2.05, 4.69) is 5.32 Å². The fraction of sp³-hybridized carbons (Fsp3) is 0.368. The Kier molecular flexibility index (Phi) is 5.30. The van der Waals surface area contributed by atoms with Crippen LogP contribution in [-0.2, 0) is 4.79 Å². The Balaban J connectivity index is 1.58. The monoisotopic (exact) mass is 342 g/mol. The third-order valence-electron chi connectivity index (χ3n) is 4.32. The molecule has 1 fully saturated rings. The number of nitrogens with zero attached hydrogens (tertiary/aromatic N) is 1. The molecule has 0 radical (unpaired) electrons. The molecule has 2 heterocycles. The first-order valence-electron chi connectivity index (χ1n) is 8.35. The highest BCUT2D eigenvalue weighted by Crippen LogP contribution is 2.28. The first kappa shape index (κ1) is 16.7. The minimum Gasteiger partial charge on any atom is -0.351 e. The molecular weight excluding hydrogens is 320 g/mol. The summed E-state index contributed by atoms with van der Waals surface area (Å²) in [7, 11) is 0. The molecule has 0 spiro atoms. The topological polar surface area (TPSA) is 49.4 Å².